The highest BCUT2D eigenvalue weighted by Gasteiger charge is 2.26. The van der Waals surface area contributed by atoms with E-state index in [-0.39, 0.29) is 12.4 Å². The van der Waals surface area contributed by atoms with Crippen molar-refractivity contribution in [3.63, 3.8) is 0 Å². The standard InChI is InChI=1S/C20H25FN4O2/c21-18-12-22-20(23-19(18)24-6-8-27-9-7-24)25-5-4-16(13-25)10-15-2-1-3-17(11-15)14-26/h1-3,11-12,16,26H,4-10,13-14H2/t16-/m0/s1. The lowest BCUT2D eigenvalue weighted by Gasteiger charge is -2.28. The third-order valence-electron chi connectivity index (χ3n) is 5.29. The smallest absolute Gasteiger partial charge is 0.227 e. The van der Waals surface area contributed by atoms with E-state index in [0.717, 1.165) is 31.5 Å². The molecular weight excluding hydrogens is 347 g/mol. The normalized spacial score (nSPS) is 20.3. The lowest BCUT2D eigenvalue weighted by Crippen LogP contribution is -2.37. The molecule has 0 aliphatic carbocycles. The van der Waals surface area contributed by atoms with E-state index >= 15 is 0 Å². The molecular formula is C20H25FN4O2. The fourth-order valence-corrected chi connectivity index (χ4v) is 3.87. The number of nitrogens with zero attached hydrogens (tertiary/aromatic N) is 4. The predicted molar refractivity (Wildman–Crippen MR) is 101 cm³/mol. The summed E-state index contributed by atoms with van der Waals surface area (Å²) < 4.78 is 19.6. The van der Waals surface area contributed by atoms with Crippen molar-refractivity contribution in [3.05, 3.63) is 47.4 Å². The maximum absolute atomic E-state index is 14.2. The van der Waals surface area contributed by atoms with Crippen molar-refractivity contribution in [1.82, 2.24) is 9.97 Å². The summed E-state index contributed by atoms with van der Waals surface area (Å²) in [6.07, 6.45) is 3.30. The van der Waals surface area contributed by atoms with E-state index in [9.17, 15) is 9.50 Å². The Kier molecular flexibility index (Phi) is 5.50. The minimum atomic E-state index is -0.378. The van der Waals surface area contributed by atoms with Crippen LogP contribution in [0.4, 0.5) is 16.2 Å². The van der Waals surface area contributed by atoms with E-state index in [2.05, 4.69) is 27.0 Å². The first-order valence-electron chi connectivity index (χ1n) is 9.52. The van der Waals surface area contributed by atoms with Crippen LogP contribution in [0.25, 0.3) is 0 Å². The van der Waals surface area contributed by atoms with Crippen LogP contribution < -0.4 is 9.80 Å². The Hall–Kier alpha value is -2.25. The molecule has 7 heteroatoms. The maximum Gasteiger partial charge on any atom is 0.227 e. The topological polar surface area (TPSA) is 61.7 Å². The third-order valence-corrected chi connectivity index (χ3v) is 5.29. The molecule has 2 saturated heterocycles. The fraction of sp³-hybridized carbons (Fsp3) is 0.500. The summed E-state index contributed by atoms with van der Waals surface area (Å²) in [5, 5.41) is 9.30. The van der Waals surface area contributed by atoms with Gasteiger partial charge >= 0.3 is 0 Å². The first-order valence-corrected chi connectivity index (χ1v) is 9.52. The Morgan fingerprint density at radius 3 is 2.78 bits per heavy atom. The van der Waals surface area contributed by atoms with Gasteiger partial charge in [0.25, 0.3) is 0 Å². The molecule has 6 nitrogen and oxygen atoms in total. The van der Waals surface area contributed by atoms with Gasteiger partial charge in [-0.1, -0.05) is 24.3 Å². The summed E-state index contributed by atoms with van der Waals surface area (Å²) in [6, 6.07) is 8.09. The Labute approximate surface area is 158 Å². The van der Waals surface area contributed by atoms with Crippen molar-refractivity contribution in [2.24, 2.45) is 5.92 Å². The number of ether oxygens (including phenoxy) is 1. The summed E-state index contributed by atoms with van der Waals surface area (Å²) in [5.74, 6) is 1.10. The van der Waals surface area contributed by atoms with E-state index < -0.39 is 0 Å². The average Bonchev–Trinajstić information content (AvgIpc) is 3.17. The summed E-state index contributed by atoms with van der Waals surface area (Å²) in [5.41, 5.74) is 2.18. The highest BCUT2D eigenvalue weighted by molar-refractivity contribution is 5.46. The first kappa shape index (κ1) is 18.1. The molecule has 27 heavy (non-hydrogen) atoms. The molecule has 144 valence electrons. The van der Waals surface area contributed by atoms with Crippen molar-refractivity contribution in [3.8, 4) is 0 Å². The SMILES string of the molecule is OCc1cccc(C[C@@H]2CCN(c3ncc(F)c(N4CCOCC4)n3)C2)c1. The van der Waals surface area contributed by atoms with Gasteiger partial charge in [0, 0.05) is 26.2 Å². The summed E-state index contributed by atoms with van der Waals surface area (Å²) in [6.45, 7) is 4.29. The Morgan fingerprint density at radius 1 is 1.15 bits per heavy atom. The zero-order valence-electron chi connectivity index (χ0n) is 15.4. The van der Waals surface area contributed by atoms with Crippen LogP contribution in [0.15, 0.2) is 30.5 Å². The number of aliphatic hydroxyl groups is 1. The maximum atomic E-state index is 14.2. The van der Waals surface area contributed by atoms with Crippen LogP contribution in [-0.2, 0) is 17.8 Å². The molecule has 2 aliphatic rings. The van der Waals surface area contributed by atoms with Gasteiger partial charge in [-0.3, -0.25) is 0 Å². The Morgan fingerprint density at radius 2 is 1.96 bits per heavy atom. The second kappa shape index (κ2) is 8.19. The van der Waals surface area contributed by atoms with Crippen molar-refractivity contribution in [2.75, 3.05) is 49.2 Å². The monoisotopic (exact) mass is 372 g/mol. The second-order valence-electron chi connectivity index (χ2n) is 7.22. The van der Waals surface area contributed by atoms with Crippen molar-refractivity contribution in [1.29, 1.82) is 0 Å². The van der Waals surface area contributed by atoms with E-state index in [1.165, 1.54) is 11.8 Å². The molecule has 4 rings (SSSR count). The van der Waals surface area contributed by atoms with Gasteiger partial charge in [0.05, 0.1) is 26.0 Å². The van der Waals surface area contributed by atoms with Crippen molar-refractivity contribution < 1.29 is 14.2 Å². The molecule has 0 amide bonds. The number of aliphatic hydroxyl groups excluding tert-OH is 1. The average molecular weight is 372 g/mol. The number of halogens is 1. The highest BCUT2D eigenvalue weighted by Crippen LogP contribution is 2.26. The van der Waals surface area contributed by atoms with Crippen LogP contribution in [0.1, 0.15) is 17.5 Å². The quantitative estimate of drug-likeness (QED) is 0.866. The molecule has 1 aromatic heterocycles. The number of benzene rings is 1. The number of morpholine rings is 1. The second-order valence-corrected chi connectivity index (χ2v) is 7.22. The Bertz CT molecular complexity index is 782. The first-order chi connectivity index (χ1) is 13.2. The van der Waals surface area contributed by atoms with Crippen LogP contribution in [0.5, 0.6) is 0 Å². The molecule has 1 N–H and O–H groups in total. The number of rotatable bonds is 5. The zero-order valence-corrected chi connectivity index (χ0v) is 15.4. The van der Waals surface area contributed by atoms with Crippen LogP contribution in [0.3, 0.4) is 0 Å². The van der Waals surface area contributed by atoms with E-state index in [4.69, 9.17) is 4.74 Å². The fourth-order valence-electron chi connectivity index (χ4n) is 3.87. The van der Waals surface area contributed by atoms with Crippen LogP contribution in [0.2, 0.25) is 0 Å². The molecule has 0 bridgehead atoms. The molecule has 2 aromatic rings. The van der Waals surface area contributed by atoms with Crippen LogP contribution in [-0.4, -0.2) is 54.5 Å². The van der Waals surface area contributed by atoms with E-state index in [1.54, 1.807) is 0 Å². The Balaban J connectivity index is 1.43. The van der Waals surface area contributed by atoms with Crippen molar-refractivity contribution in [2.45, 2.75) is 19.4 Å². The highest BCUT2D eigenvalue weighted by atomic mass is 19.1. The number of aromatic nitrogens is 2. The van der Waals surface area contributed by atoms with E-state index in [0.29, 0.717) is 44.0 Å². The minimum absolute atomic E-state index is 0.0678. The molecule has 1 atom stereocenters. The summed E-state index contributed by atoms with van der Waals surface area (Å²) in [7, 11) is 0. The third kappa shape index (κ3) is 4.20. The number of hydrogen-bond donors (Lipinski definition) is 1. The molecule has 0 saturated carbocycles. The minimum Gasteiger partial charge on any atom is -0.392 e. The van der Waals surface area contributed by atoms with E-state index in [1.807, 2.05) is 17.0 Å². The van der Waals surface area contributed by atoms with Gasteiger partial charge in [0.1, 0.15) is 0 Å². The number of anilines is 2. The van der Waals surface area contributed by atoms with Crippen LogP contribution in [0, 0.1) is 11.7 Å². The largest absolute Gasteiger partial charge is 0.392 e. The molecule has 0 radical (unpaired) electrons. The molecule has 2 aliphatic heterocycles. The van der Waals surface area contributed by atoms with Crippen molar-refractivity contribution >= 4 is 11.8 Å². The summed E-state index contributed by atoms with van der Waals surface area (Å²) >= 11 is 0. The van der Waals surface area contributed by atoms with Gasteiger partial charge in [-0.05, 0) is 29.9 Å². The van der Waals surface area contributed by atoms with Gasteiger partial charge in [-0.15, -0.1) is 0 Å². The van der Waals surface area contributed by atoms with Gasteiger partial charge in [-0.25, -0.2) is 9.37 Å². The molecule has 2 fully saturated rings. The molecule has 3 heterocycles. The number of hydrogen-bond acceptors (Lipinski definition) is 6. The lowest BCUT2D eigenvalue weighted by molar-refractivity contribution is 0.122. The molecule has 0 spiro atoms. The van der Waals surface area contributed by atoms with Gasteiger partial charge < -0.3 is 19.6 Å². The van der Waals surface area contributed by atoms with Crippen LogP contribution >= 0.6 is 0 Å². The predicted octanol–water partition coefficient (Wildman–Crippen LogP) is 2.01. The molecule has 1 aromatic carbocycles. The zero-order chi connectivity index (χ0) is 18.6. The van der Waals surface area contributed by atoms with Gasteiger partial charge in [0.15, 0.2) is 11.6 Å². The molecule has 0 unspecified atom stereocenters. The lowest BCUT2D eigenvalue weighted by atomic mass is 9.97. The summed E-state index contributed by atoms with van der Waals surface area (Å²) in [4.78, 5) is 12.8. The van der Waals surface area contributed by atoms with Gasteiger partial charge in [0.2, 0.25) is 5.95 Å². The van der Waals surface area contributed by atoms with Gasteiger partial charge in [-0.2, -0.15) is 4.98 Å².